The van der Waals surface area contributed by atoms with Crippen LogP contribution in [0, 0.1) is 0 Å². The molecule has 0 spiro atoms. The molecule has 0 rings (SSSR count). The van der Waals surface area contributed by atoms with Gasteiger partial charge >= 0.3 is 107 Å². The van der Waals surface area contributed by atoms with E-state index < -0.39 is 0 Å². The Balaban J connectivity index is 0. The van der Waals surface area contributed by atoms with Gasteiger partial charge in [0.15, 0.2) is 0 Å². The summed E-state index contributed by atoms with van der Waals surface area (Å²) in [7, 11) is 0. The monoisotopic (exact) mass is 328 g/mol. The van der Waals surface area contributed by atoms with E-state index in [9.17, 15) is 0 Å². The molecule has 0 saturated carbocycles. The number of halogens is 3. The quantitative estimate of drug-likeness (QED) is 0.387. The SMILES string of the molecule is [Ba+2].[Cl-].[Cl-].[Cl-].[Rb+]. The average Bonchev–Trinajstić information content (AvgIpc) is 0. The minimum Gasteiger partial charge on any atom is -1.00 e. The van der Waals surface area contributed by atoms with Gasteiger partial charge in [-0.1, -0.05) is 0 Å². The smallest absolute Gasteiger partial charge is 1.00 e. The topological polar surface area (TPSA) is 0 Å². The molecule has 0 nitrogen and oxygen atoms in total. The van der Waals surface area contributed by atoms with Crippen LogP contribution in [0.2, 0.25) is 0 Å². The van der Waals surface area contributed by atoms with Crippen LogP contribution < -0.4 is 95.4 Å². The molecule has 5 heteroatoms. The molecule has 0 saturated heterocycles. The standard InChI is InChI=1S/Ba.3ClH.Rb/h;3*1H;/q+2;;;;+1/p-3. The first-order valence-electron chi connectivity index (χ1n) is 0. The Morgan fingerprint density at radius 2 is 0.600 bits per heavy atom. The Morgan fingerprint density at radius 1 is 0.600 bits per heavy atom. The summed E-state index contributed by atoms with van der Waals surface area (Å²) in [6, 6.07) is 0. The first kappa shape index (κ1) is 34.9. The van der Waals surface area contributed by atoms with E-state index in [0.717, 1.165) is 0 Å². The van der Waals surface area contributed by atoms with Crippen molar-refractivity contribution in [2.45, 2.75) is 0 Å². The van der Waals surface area contributed by atoms with Gasteiger partial charge in [0.2, 0.25) is 0 Å². The first-order chi connectivity index (χ1) is 0. The molecule has 24 valence electrons. The van der Waals surface area contributed by atoms with Crippen LogP contribution in [0.1, 0.15) is 0 Å². The molecule has 0 aliphatic heterocycles. The van der Waals surface area contributed by atoms with Crippen LogP contribution in [0.5, 0.6) is 0 Å². The summed E-state index contributed by atoms with van der Waals surface area (Å²) in [5.41, 5.74) is 0. The van der Waals surface area contributed by atoms with E-state index in [2.05, 4.69) is 0 Å². The van der Waals surface area contributed by atoms with Crippen molar-refractivity contribution in [2.24, 2.45) is 0 Å². The van der Waals surface area contributed by atoms with Crippen LogP contribution in [-0.2, 0) is 0 Å². The van der Waals surface area contributed by atoms with E-state index >= 15 is 0 Å². The Labute approximate surface area is 140 Å². The average molecular weight is 329 g/mol. The summed E-state index contributed by atoms with van der Waals surface area (Å²) in [6.45, 7) is 0. The van der Waals surface area contributed by atoms with E-state index in [1.165, 1.54) is 0 Å². The first-order valence-corrected chi connectivity index (χ1v) is 0. The van der Waals surface area contributed by atoms with Crippen LogP contribution in [0.15, 0.2) is 0 Å². The third kappa shape index (κ3) is 17.8. The molecule has 0 aromatic rings. The van der Waals surface area contributed by atoms with Crippen LogP contribution in [0.25, 0.3) is 0 Å². The normalized spacial score (nSPS) is 0. The molecular formula is BaCl3Rb. The predicted molar refractivity (Wildman–Crippen MR) is 5.75 cm³/mol. The predicted octanol–water partition coefficient (Wildman–Crippen LogP) is -12.4. The van der Waals surface area contributed by atoms with Crippen molar-refractivity contribution in [3.05, 3.63) is 0 Å². The van der Waals surface area contributed by atoms with Crippen molar-refractivity contribution < 1.29 is 95.4 Å². The maximum Gasteiger partial charge on any atom is 2.00 e. The van der Waals surface area contributed by atoms with Crippen molar-refractivity contribution in [3.8, 4) is 0 Å². The second-order valence-electron chi connectivity index (χ2n) is 0. The second-order valence-corrected chi connectivity index (χ2v) is 0. The maximum absolute atomic E-state index is 0. The van der Waals surface area contributed by atoms with Crippen molar-refractivity contribution >= 4 is 48.9 Å². The summed E-state index contributed by atoms with van der Waals surface area (Å²) < 4.78 is 0. The minimum atomic E-state index is 0. The van der Waals surface area contributed by atoms with Crippen molar-refractivity contribution in [1.29, 1.82) is 0 Å². The molecule has 0 heterocycles. The maximum atomic E-state index is 0. The van der Waals surface area contributed by atoms with E-state index in [1.54, 1.807) is 0 Å². The fourth-order valence-corrected chi connectivity index (χ4v) is 0. The third-order valence-electron chi connectivity index (χ3n) is 0. The van der Waals surface area contributed by atoms with Crippen molar-refractivity contribution in [1.82, 2.24) is 0 Å². The summed E-state index contributed by atoms with van der Waals surface area (Å²) in [6.07, 6.45) is 0. The van der Waals surface area contributed by atoms with Gasteiger partial charge in [-0.3, -0.25) is 0 Å². The molecule has 0 atom stereocenters. The van der Waals surface area contributed by atoms with E-state index in [0.29, 0.717) is 0 Å². The molecule has 0 aliphatic carbocycles. The molecule has 0 N–H and O–H groups in total. The van der Waals surface area contributed by atoms with Gasteiger partial charge in [0, 0.05) is 0 Å². The van der Waals surface area contributed by atoms with Gasteiger partial charge in [-0.05, 0) is 0 Å². The van der Waals surface area contributed by atoms with Crippen LogP contribution >= 0.6 is 0 Å². The summed E-state index contributed by atoms with van der Waals surface area (Å²) in [5, 5.41) is 0. The zero-order chi connectivity index (χ0) is 0. The van der Waals surface area contributed by atoms with Gasteiger partial charge in [-0.15, -0.1) is 0 Å². The Morgan fingerprint density at radius 3 is 0.600 bits per heavy atom. The molecule has 0 aromatic heterocycles. The number of rotatable bonds is 0. The van der Waals surface area contributed by atoms with Gasteiger partial charge in [-0.25, -0.2) is 0 Å². The van der Waals surface area contributed by atoms with E-state index in [1.807, 2.05) is 0 Å². The fraction of sp³-hybridized carbons (Fsp3) is 0. The van der Waals surface area contributed by atoms with Gasteiger partial charge in [-0.2, -0.15) is 0 Å². The van der Waals surface area contributed by atoms with Gasteiger partial charge < -0.3 is 37.2 Å². The van der Waals surface area contributed by atoms with Crippen molar-refractivity contribution in [2.75, 3.05) is 0 Å². The van der Waals surface area contributed by atoms with Gasteiger partial charge in [0.1, 0.15) is 0 Å². The molecule has 0 aliphatic rings. The van der Waals surface area contributed by atoms with Gasteiger partial charge in [0.05, 0.1) is 0 Å². The molecular weight excluding hydrogens is 329 g/mol. The molecule has 0 fully saturated rings. The van der Waals surface area contributed by atoms with Crippen LogP contribution in [-0.4, -0.2) is 48.9 Å². The van der Waals surface area contributed by atoms with E-state index in [4.69, 9.17) is 0 Å². The zero-order valence-electron chi connectivity index (χ0n) is 2.84. The van der Waals surface area contributed by atoms with Crippen LogP contribution in [0.4, 0.5) is 0 Å². The molecule has 5 heavy (non-hydrogen) atoms. The zero-order valence-corrected chi connectivity index (χ0v) is 14.5. The Kier molecular flexibility index (Phi) is 167. The molecule has 0 aromatic carbocycles. The van der Waals surface area contributed by atoms with Gasteiger partial charge in [0.25, 0.3) is 0 Å². The molecule has 0 unspecified atom stereocenters. The second kappa shape index (κ2) is 24.0. The van der Waals surface area contributed by atoms with Crippen molar-refractivity contribution in [3.63, 3.8) is 0 Å². The summed E-state index contributed by atoms with van der Waals surface area (Å²) >= 11 is 0. The molecule has 0 radical (unpaired) electrons. The van der Waals surface area contributed by atoms with E-state index in [-0.39, 0.29) is 144 Å². The Bertz CT molecular complexity index is 6.85. The Hall–Kier alpha value is 4.25. The summed E-state index contributed by atoms with van der Waals surface area (Å²) in [5.74, 6) is 0. The minimum absolute atomic E-state index is 0. The third-order valence-corrected chi connectivity index (χ3v) is 0. The number of hydrogen-bond acceptors (Lipinski definition) is 0. The number of hydrogen-bond donors (Lipinski definition) is 0. The van der Waals surface area contributed by atoms with Crippen LogP contribution in [0.3, 0.4) is 0 Å². The molecule has 0 amide bonds. The molecule has 0 bridgehead atoms. The fourth-order valence-electron chi connectivity index (χ4n) is 0. The largest absolute Gasteiger partial charge is 2.00 e. The summed E-state index contributed by atoms with van der Waals surface area (Å²) in [4.78, 5) is 0.